The fraction of sp³-hybridized carbons (Fsp3) is 0.250. The highest BCUT2D eigenvalue weighted by Gasteiger charge is 2.22. The lowest BCUT2D eigenvalue weighted by molar-refractivity contribution is -0.139. The molecule has 6 N–H and O–H groups in total. The van der Waals surface area contributed by atoms with Gasteiger partial charge in [0.05, 0.1) is 5.56 Å². The van der Waals surface area contributed by atoms with Crippen molar-refractivity contribution in [2.75, 3.05) is 0 Å². The number of nitrogens with one attached hydrogen (secondary N) is 1. The number of rotatable bonds is 6. The molecule has 0 aliphatic rings. The van der Waals surface area contributed by atoms with Crippen molar-refractivity contribution >= 4 is 17.8 Å². The van der Waals surface area contributed by atoms with Gasteiger partial charge in [0.15, 0.2) is 0 Å². The summed E-state index contributed by atoms with van der Waals surface area (Å²) in [6.07, 6.45) is -0.376. The summed E-state index contributed by atoms with van der Waals surface area (Å²) in [5, 5.41) is 29.8. The van der Waals surface area contributed by atoms with E-state index in [-0.39, 0.29) is 24.2 Å². The van der Waals surface area contributed by atoms with Crippen LogP contribution in [-0.4, -0.2) is 39.1 Å². The van der Waals surface area contributed by atoms with Gasteiger partial charge >= 0.3 is 5.97 Å². The zero-order valence-electron chi connectivity index (χ0n) is 10.4. The molecule has 0 aromatic heterocycles. The Morgan fingerprint density at radius 2 is 1.90 bits per heavy atom. The van der Waals surface area contributed by atoms with Crippen molar-refractivity contribution in [1.82, 2.24) is 5.32 Å². The Hall–Kier alpha value is -2.77. The first-order chi connectivity index (χ1) is 9.31. The number of carboxylic acids is 1. The topological polar surface area (TPSA) is 150 Å². The lowest BCUT2D eigenvalue weighted by Crippen LogP contribution is -2.41. The maximum absolute atomic E-state index is 11.8. The van der Waals surface area contributed by atoms with Crippen molar-refractivity contribution in [3.8, 4) is 11.5 Å². The van der Waals surface area contributed by atoms with Crippen LogP contribution in [0, 0.1) is 0 Å². The van der Waals surface area contributed by atoms with Crippen LogP contribution in [0.4, 0.5) is 0 Å². The minimum Gasteiger partial charge on any atom is -0.508 e. The highest BCUT2D eigenvalue weighted by molar-refractivity contribution is 5.99. The summed E-state index contributed by atoms with van der Waals surface area (Å²) in [4.78, 5) is 33.4. The molecule has 0 heterocycles. The van der Waals surface area contributed by atoms with Gasteiger partial charge in [-0.25, -0.2) is 4.79 Å². The number of nitrogens with two attached hydrogens (primary N) is 1. The number of hydrogen-bond donors (Lipinski definition) is 5. The Balaban J connectivity index is 2.82. The average Bonchev–Trinajstić information content (AvgIpc) is 2.36. The first kappa shape index (κ1) is 15.3. The summed E-state index contributed by atoms with van der Waals surface area (Å²) in [7, 11) is 0. The maximum atomic E-state index is 11.8. The molecule has 1 rings (SSSR count). The molecule has 0 bridgehead atoms. The lowest BCUT2D eigenvalue weighted by Gasteiger charge is -2.14. The molecule has 1 unspecified atom stereocenters. The fourth-order valence-corrected chi connectivity index (χ4v) is 1.49. The van der Waals surface area contributed by atoms with E-state index in [2.05, 4.69) is 5.32 Å². The summed E-state index contributed by atoms with van der Waals surface area (Å²) >= 11 is 0. The molecule has 1 atom stereocenters. The second-order valence-corrected chi connectivity index (χ2v) is 4.07. The number of phenolic OH excluding ortho intramolecular Hbond substituents is 2. The predicted molar refractivity (Wildman–Crippen MR) is 67.1 cm³/mol. The number of hydrogen-bond acceptors (Lipinski definition) is 5. The highest BCUT2D eigenvalue weighted by Crippen LogP contribution is 2.22. The summed E-state index contributed by atoms with van der Waals surface area (Å²) in [5.74, 6) is -3.56. The number of amides is 2. The molecule has 0 saturated heterocycles. The first-order valence-corrected chi connectivity index (χ1v) is 5.65. The van der Waals surface area contributed by atoms with Gasteiger partial charge in [-0.05, 0) is 24.6 Å². The summed E-state index contributed by atoms with van der Waals surface area (Å²) < 4.78 is 0. The van der Waals surface area contributed by atoms with Crippen molar-refractivity contribution < 1.29 is 29.7 Å². The third-order valence-corrected chi connectivity index (χ3v) is 2.51. The number of carbonyl (C=O) groups excluding carboxylic acids is 2. The van der Waals surface area contributed by atoms with E-state index in [1.165, 1.54) is 6.07 Å². The molecule has 2 amide bonds. The minimum absolute atomic E-state index is 0.171. The van der Waals surface area contributed by atoms with Gasteiger partial charge < -0.3 is 26.4 Å². The molecule has 0 saturated carbocycles. The molecule has 108 valence electrons. The van der Waals surface area contributed by atoms with Crippen molar-refractivity contribution in [3.63, 3.8) is 0 Å². The van der Waals surface area contributed by atoms with Crippen LogP contribution in [0.15, 0.2) is 18.2 Å². The fourth-order valence-electron chi connectivity index (χ4n) is 1.49. The van der Waals surface area contributed by atoms with E-state index in [0.717, 1.165) is 12.1 Å². The minimum atomic E-state index is -1.33. The number of aromatic hydroxyl groups is 2. The molecule has 20 heavy (non-hydrogen) atoms. The summed E-state index contributed by atoms with van der Waals surface area (Å²) in [5.41, 5.74) is 4.64. The van der Waals surface area contributed by atoms with Crippen LogP contribution in [0.1, 0.15) is 23.2 Å². The summed E-state index contributed by atoms with van der Waals surface area (Å²) in [6.45, 7) is 0. The Morgan fingerprint density at radius 3 is 2.45 bits per heavy atom. The quantitative estimate of drug-likeness (QED) is 0.446. The Kier molecular flexibility index (Phi) is 4.90. The molecule has 0 fully saturated rings. The lowest BCUT2D eigenvalue weighted by atomic mass is 10.1. The molecular weight excluding hydrogens is 268 g/mol. The van der Waals surface area contributed by atoms with E-state index < -0.39 is 29.6 Å². The molecule has 0 spiro atoms. The van der Waals surface area contributed by atoms with E-state index >= 15 is 0 Å². The van der Waals surface area contributed by atoms with Crippen LogP contribution in [0.3, 0.4) is 0 Å². The number of carboxylic acid groups (broad SMARTS) is 1. The van der Waals surface area contributed by atoms with Crippen LogP contribution in [0.25, 0.3) is 0 Å². The molecule has 0 radical (unpaired) electrons. The standard InChI is InChI=1S/C12H14N2O6/c13-10(17)4-2-8(12(19)20)14-11(18)7-5-6(15)1-3-9(7)16/h1,3,5,8,15-16H,2,4H2,(H2,13,17)(H,14,18)(H,19,20). The number of aliphatic carboxylic acids is 1. The molecule has 8 heteroatoms. The van der Waals surface area contributed by atoms with Gasteiger partial charge in [-0.3, -0.25) is 9.59 Å². The maximum Gasteiger partial charge on any atom is 0.326 e. The average molecular weight is 282 g/mol. The van der Waals surface area contributed by atoms with E-state index in [4.69, 9.17) is 10.8 Å². The van der Waals surface area contributed by atoms with Gasteiger partial charge in [0.2, 0.25) is 5.91 Å². The third-order valence-electron chi connectivity index (χ3n) is 2.51. The number of primary amides is 1. The van der Waals surface area contributed by atoms with Gasteiger partial charge in [-0.15, -0.1) is 0 Å². The zero-order valence-corrected chi connectivity index (χ0v) is 10.4. The van der Waals surface area contributed by atoms with Crippen LogP contribution in [-0.2, 0) is 9.59 Å². The van der Waals surface area contributed by atoms with Crippen LogP contribution in [0.2, 0.25) is 0 Å². The van der Waals surface area contributed by atoms with Crippen molar-refractivity contribution in [3.05, 3.63) is 23.8 Å². The van der Waals surface area contributed by atoms with Crippen molar-refractivity contribution in [2.24, 2.45) is 5.73 Å². The number of phenols is 2. The molecular formula is C12H14N2O6. The van der Waals surface area contributed by atoms with Crippen LogP contribution in [0.5, 0.6) is 11.5 Å². The molecule has 1 aromatic carbocycles. The Labute approximate surface area is 113 Å². The molecule has 8 nitrogen and oxygen atoms in total. The molecule has 0 aliphatic carbocycles. The van der Waals surface area contributed by atoms with Gasteiger partial charge in [0.25, 0.3) is 5.91 Å². The Bertz CT molecular complexity index is 543. The van der Waals surface area contributed by atoms with Gasteiger partial charge in [0.1, 0.15) is 17.5 Å². The number of benzene rings is 1. The zero-order chi connectivity index (χ0) is 15.3. The predicted octanol–water partition coefficient (Wildman–Crippen LogP) is -0.454. The second kappa shape index (κ2) is 6.41. The highest BCUT2D eigenvalue weighted by atomic mass is 16.4. The second-order valence-electron chi connectivity index (χ2n) is 4.07. The van der Waals surface area contributed by atoms with Crippen molar-refractivity contribution in [1.29, 1.82) is 0 Å². The van der Waals surface area contributed by atoms with Crippen LogP contribution >= 0.6 is 0 Å². The van der Waals surface area contributed by atoms with Crippen molar-refractivity contribution in [2.45, 2.75) is 18.9 Å². The van der Waals surface area contributed by atoms with E-state index in [1.807, 2.05) is 0 Å². The van der Waals surface area contributed by atoms with E-state index in [0.29, 0.717) is 0 Å². The van der Waals surface area contributed by atoms with Crippen LogP contribution < -0.4 is 11.1 Å². The summed E-state index contributed by atoms with van der Waals surface area (Å²) in [6, 6.07) is 1.95. The van der Waals surface area contributed by atoms with Gasteiger partial charge in [0, 0.05) is 6.42 Å². The third kappa shape index (κ3) is 4.16. The Morgan fingerprint density at radius 1 is 1.25 bits per heavy atom. The van der Waals surface area contributed by atoms with E-state index in [1.54, 1.807) is 0 Å². The first-order valence-electron chi connectivity index (χ1n) is 5.65. The smallest absolute Gasteiger partial charge is 0.326 e. The van der Waals surface area contributed by atoms with E-state index in [9.17, 15) is 24.6 Å². The van der Waals surface area contributed by atoms with Gasteiger partial charge in [-0.1, -0.05) is 0 Å². The molecule has 0 aliphatic heterocycles. The largest absolute Gasteiger partial charge is 0.508 e. The normalized spacial score (nSPS) is 11.6. The monoisotopic (exact) mass is 282 g/mol. The van der Waals surface area contributed by atoms with Gasteiger partial charge in [-0.2, -0.15) is 0 Å². The SMILES string of the molecule is NC(=O)CCC(NC(=O)c1cc(O)ccc1O)C(=O)O. The molecule has 1 aromatic rings. The number of carbonyl (C=O) groups is 3.